The summed E-state index contributed by atoms with van der Waals surface area (Å²) in [7, 11) is 0. The Kier molecular flexibility index (Phi) is 11.5. The number of nitrogens with one attached hydrogen (secondary N) is 2. The molecule has 0 spiro atoms. The number of hydrogen-bond acceptors (Lipinski definition) is 2. The minimum Gasteiger partial charge on any atom is -0.315 e. The molecule has 19 heavy (non-hydrogen) atoms. The van der Waals surface area contributed by atoms with Crippen molar-refractivity contribution in [2.45, 2.75) is 90.0 Å². The average molecular weight is 268 g/mol. The zero-order valence-corrected chi connectivity index (χ0v) is 13.2. The summed E-state index contributed by atoms with van der Waals surface area (Å²) >= 11 is 0. The van der Waals surface area contributed by atoms with Gasteiger partial charge in [-0.1, -0.05) is 77.6 Å². The molecule has 2 heteroatoms. The number of unbranched alkanes of at least 4 members (excludes halogenated alkanes) is 11. The van der Waals surface area contributed by atoms with Gasteiger partial charge in [-0.05, 0) is 13.0 Å². The molecule has 0 amide bonds. The zero-order chi connectivity index (χ0) is 13.6. The van der Waals surface area contributed by atoms with Gasteiger partial charge in [0.15, 0.2) is 0 Å². The molecular formula is C17H36N2. The summed E-state index contributed by atoms with van der Waals surface area (Å²) in [6.07, 6.45) is 17.3. The Balaban J connectivity index is 1.60. The first-order chi connectivity index (χ1) is 9.43. The molecule has 1 heterocycles. The molecule has 1 rings (SSSR count). The van der Waals surface area contributed by atoms with Crippen LogP contribution in [0.4, 0.5) is 0 Å². The minimum absolute atomic E-state index is 0.789. The van der Waals surface area contributed by atoms with Gasteiger partial charge in [-0.25, -0.2) is 0 Å². The van der Waals surface area contributed by atoms with Gasteiger partial charge >= 0.3 is 0 Å². The van der Waals surface area contributed by atoms with E-state index in [2.05, 4.69) is 17.6 Å². The van der Waals surface area contributed by atoms with Gasteiger partial charge in [0.05, 0.1) is 0 Å². The molecule has 0 aromatic carbocycles. The summed E-state index contributed by atoms with van der Waals surface area (Å²) < 4.78 is 0. The van der Waals surface area contributed by atoms with Crippen molar-refractivity contribution in [3.8, 4) is 0 Å². The summed E-state index contributed by atoms with van der Waals surface area (Å²) in [5, 5.41) is 6.84. The fourth-order valence-corrected chi connectivity index (χ4v) is 2.59. The van der Waals surface area contributed by atoms with Crippen LogP contribution in [0.5, 0.6) is 0 Å². The molecule has 0 bridgehead atoms. The third-order valence-electron chi connectivity index (χ3n) is 4.09. The highest BCUT2D eigenvalue weighted by molar-refractivity contribution is 4.84. The van der Waals surface area contributed by atoms with Crippen LogP contribution in [0.2, 0.25) is 0 Å². The summed E-state index contributed by atoms with van der Waals surface area (Å²) in [6, 6.07) is 0.789. The first-order valence-electron chi connectivity index (χ1n) is 8.87. The van der Waals surface area contributed by atoms with Crippen molar-refractivity contribution in [3.63, 3.8) is 0 Å². The maximum atomic E-state index is 3.52. The van der Waals surface area contributed by atoms with Gasteiger partial charge in [0.2, 0.25) is 0 Å². The predicted molar refractivity (Wildman–Crippen MR) is 85.7 cm³/mol. The number of rotatable bonds is 15. The third-order valence-corrected chi connectivity index (χ3v) is 4.09. The van der Waals surface area contributed by atoms with Gasteiger partial charge in [0.25, 0.3) is 0 Å². The maximum Gasteiger partial charge on any atom is 0.0318 e. The highest BCUT2D eigenvalue weighted by Gasteiger charge is 2.18. The van der Waals surface area contributed by atoms with Crippen molar-refractivity contribution in [1.82, 2.24) is 10.6 Å². The van der Waals surface area contributed by atoms with E-state index in [0.29, 0.717) is 0 Å². The molecule has 1 aliphatic rings. The Morgan fingerprint density at radius 1 is 0.789 bits per heavy atom. The van der Waals surface area contributed by atoms with Crippen molar-refractivity contribution in [1.29, 1.82) is 0 Å². The smallest absolute Gasteiger partial charge is 0.0318 e. The molecule has 1 atom stereocenters. The van der Waals surface area contributed by atoms with Crippen molar-refractivity contribution in [3.05, 3.63) is 0 Å². The van der Waals surface area contributed by atoms with E-state index in [9.17, 15) is 0 Å². The molecule has 1 aliphatic heterocycles. The van der Waals surface area contributed by atoms with Crippen LogP contribution in [0, 0.1) is 0 Å². The second kappa shape index (κ2) is 12.9. The monoisotopic (exact) mass is 268 g/mol. The molecule has 1 unspecified atom stereocenters. The van der Waals surface area contributed by atoms with E-state index < -0.39 is 0 Å². The largest absolute Gasteiger partial charge is 0.315 e. The van der Waals surface area contributed by atoms with Crippen molar-refractivity contribution in [2.24, 2.45) is 0 Å². The highest BCUT2D eigenvalue weighted by atomic mass is 15.1. The first-order valence-corrected chi connectivity index (χ1v) is 8.87. The van der Waals surface area contributed by atoms with Crippen LogP contribution in [-0.2, 0) is 0 Å². The maximum absolute atomic E-state index is 3.52. The lowest BCUT2D eigenvalue weighted by molar-refractivity contribution is 0.535. The van der Waals surface area contributed by atoms with Crippen LogP contribution in [0.25, 0.3) is 0 Å². The summed E-state index contributed by atoms with van der Waals surface area (Å²) in [5.41, 5.74) is 0. The van der Waals surface area contributed by atoms with E-state index in [4.69, 9.17) is 0 Å². The lowest BCUT2D eigenvalue weighted by Crippen LogP contribution is -2.21. The van der Waals surface area contributed by atoms with Crippen LogP contribution in [0.15, 0.2) is 0 Å². The van der Waals surface area contributed by atoms with Crippen LogP contribution in [0.1, 0.15) is 84.0 Å². The summed E-state index contributed by atoms with van der Waals surface area (Å²) in [6.45, 7) is 5.91. The fraction of sp³-hybridized carbons (Fsp3) is 1.00. The molecule has 1 saturated heterocycles. The van der Waals surface area contributed by atoms with Gasteiger partial charge < -0.3 is 10.6 Å². The first kappa shape index (κ1) is 17.0. The number of hydrogen-bond donors (Lipinski definition) is 2. The molecule has 2 N–H and O–H groups in total. The molecule has 2 nitrogen and oxygen atoms in total. The quantitative estimate of drug-likeness (QED) is 0.344. The lowest BCUT2D eigenvalue weighted by atomic mass is 10.1. The Labute approximate surface area is 121 Å². The summed E-state index contributed by atoms with van der Waals surface area (Å²) in [5.74, 6) is 0. The second-order valence-corrected chi connectivity index (χ2v) is 6.20. The fourth-order valence-electron chi connectivity index (χ4n) is 2.59. The van der Waals surface area contributed by atoms with Crippen LogP contribution in [-0.4, -0.2) is 25.7 Å². The minimum atomic E-state index is 0.789. The Morgan fingerprint density at radius 3 is 1.74 bits per heavy atom. The Hall–Kier alpha value is -0.0800. The molecule has 0 aromatic rings. The van der Waals surface area contributed by atoms with Crippen LogP contribution in [0.3, 0.4) is 0 Å². The third kappa shape index (κ3) is 12.7. The van der Waals surface area contributed by atoms with Gasteiger partial charge in [-0.15, -0.1) is 0 Å². The molecule has 0 aromatic heterocycles. The van der Waals surface area contributed by atoms with E-state index in [0.717, 1.165) is 6.04 Å². The summed E-state index contributed by atoms with van der Waals surface area (Å²) in [4.78, 5) is 0. The molecule has 0 radical (unpaired) electrons. The van der Waals surface area contributed by atoms with E-state index >= 15 is 0 Å². The lowest BCUT2D eigenvalue weighted by Gasteiger charge is -2.04. The molecule has 0 saturated carbocycles. The molecule has 114 valence electrons. The molecule has 1 fully saturated rings. The Bertz CT molecular complexity index is 178. The van der Waals surface area contributed by atoms with E-state index in [1.807, 2.05) is 0 Å². The SMILES string of the molecule is CCCCCCCCCCCCCCNCC1CN1. The standard InChI is InChI=1S/C17H36N2/c1-2-3-4-5-6-7-8-9-10-11-12-13-14-18-15-17-16-19-17/h17-19H,2-16H2,1H3. The van der Waals surface area contributed by atoms with Crippen molar-refractivity contribution >= 4 is 0 Å². The average Bonchev–Trinajstić information content (AvgIpc) is 3.23. The van der Waals surface area contributed by atoms with Gasteiger partial charge in [-0.2, -0.15) is 0 Å². The van der Waals surface area contributed by atoms with Crippen molar-refractivity contribution < 1.29 is 0 Å². The van der Waals surface area contributed by atoms with Gasteiger partial charge in [0, 0.05) is 19.1 Å². The van der Waals surface area contributed by atoms with Crippen molar-refractivity contribution in [2.75, 3.05) is 19.6 Å². The molecule has 0 aliphatic carbocycles. The Morgan fingerprint density at radius 2 is 1.26 bits per heavy atom. The van der Waals surface area contributed by atoms with Gasteiger partial charge in [-0.3, -0.25) is 0 Å². The van der Waals surface area contributed by atoms with E-state index in [-0.39, 0.29) is 0 Å². The van der Waals surface area contributed by atoms with Crippen LogP contribution < -0.4 is 10.6 Å². The zero-order valence-electron chi connectivity index (χ0n) is 13.2. The second-order valence-electron chi connectivity index (χ2n) is 6.20. The van der Waals surface area contributed by atoms with Crippen LogP contribution >= 0.6 is 0 Å². The highest BCUT2D eigenvalue weighted by Crippen LogP contribution is 2.11. The van der Waals surface area contributed by atoms with E-state index in [1.165, 1.54) is 96.7 Å². The van der Waals surface area contributed by atoms with E-state index in [1.54, 1.807) is 0 Å². The normalized spacial score (nSPS) is 17.8. The molecular weight excluding hydrogens is 232 g/mol. The van der Waals surface area contributed by atoms with Gasteiger partial charge in [0.1, 0.15) is 0 Å². The predicted octanol–water partition coefficient (Wildman–Crippen LogP) is 4.25. The topological polar surface area (TPSA) is 34.0 Å².